The van der Waals surface area contributed by atoms with Crippen LogP contribution in [0.3, 0.4) is 0 Å². The molecule has 4 aliphatic carbocycles. The van der Waals surface area contributed by atoms with Crippen LogP contribution in [0.2, 0.25) is 0 Å². The van der Waals surface area contributed by atoms with Gasteiger partial charge in [0.25, 0.3) is 0 Å². The zero-order chi connectivity index (χ0) is 35.8. The molecule has 6 aromatic carbocycles. The lowest BCUT2D eigenvalue weighted by Crippen LogP contribution is -2.45. The average Bonchev–Trinajstić information content (AvgIpc) is 3.25. The van der Waals surface area contributed by atoms with Crippen molar-refractivity contribution < 1.29 is 0 Å². The molecule has 6 aromatic rings. The summed E-state index contributed by atoms with van der Waals surface area (Å²) in [5, 5.41) is 8.63. The Morgan fingerprint density at radius 2 is 0.648 bits per heavy atom. The highest BCUT2D eigenvalue weighted by molar-refractivity contribution is 6.30. The van der Waals surface area contributed by atoms with Gasteiger partial charge in [-0.25, -0.2) is 0 Å². The Bertz CT molecular complexity index is 1970. The topological polar surface area (TPSA) is 6.48 Å². The van der Waals surface area contributed by atoms with E-state index in [2.05, 4.69) is 107 Å². The summed E-state index contributed by atoms with van der Waals surface area (Å²) in [6, 6.07) is 41.1. The first-order chi connectivity index (χ1) is 26.8. The normalized spacial score (nSPS) is 19.9. The van der Waals surface area contributed by atoms with Crippen LogP contribution < -0.4 is 9.80 Å². The van der Waals surface area contributed by atoms with Gasteiger partial charge in [-0.1, -0.05) is 138 Å². The minimum absolute atomic E-state index is 0.650. The summed E-state index contributed by atoms with van der Waals surface area (Å²) < 4.78 is 0. The van der Waals surface area contributed by atoms with Crippen molar-refractivity contribution in [2.75, 3.05) is 9.80 Å². The van der Waals surface area contributed by atoms with Crippen LogP contribution in [-0.4, -0.2) is 24.2 Å². The quantitative estimate of drug-likeness (QED) is 0.145. The van der Waals surface area contributed by atoms with Crippen molar-refractivity contribution in [1.82, 2.24) is 0 Å². The molecule has 0 aliphatic heterocycles. The summed E-state index contributed by atoms with van der Waals surface area (Å²) in [5.41, 5.74) is 8.41. The molecule has 4 saturated carbocycles. The van der Waals surface area contributed by atoms with Gasteiger partial charge in [-0.2, -0.15) is 0 Å². The third-order valence-corrected chi connectivity index (χ3v) is 14.4. The van der Waals surface area contributed by atoms with E-state index in [-0.39, 0.29) is 0 Å². The molecule has 10 rings (SSSR count). The molecular weight excluding hydrogens is 653 g/mol. The third kappa shape index (κ3) is 6.46. The maximum absolute atomic E-state index is 2.97. The zero-order valence-electron chi connectivity index (χ0n) is 32.6. The standard InChI is InChI=1S/C52H60N2/c1-7-19-37(20-8-1)47-33-39-31-46(54(43-27-15-5-16-28-43)44-29-17-6-18-30-44)36-50-48(38-21-9-2-10-22-38)34-40-32-45(35-49(47)51(40)52(39)50)53(41-23-11-3-12-24-41)42-25-13-4-14-26-42/h1-2,7-10,19-22,31-36,41-44H,3-6,11-18,23-30H2. The molecule has 54 heavy (non-hydrogen) atoms. The Labute approximate surface area is 324 Å². The second-order valence-corrected chi connectivity index (χ2v) is 17.7. The van der Waals surface area contributed by atoms with Gasteiger partial charge >= 0.3 is 0 Å². The maximum atomic E-state index is 2.97. The van der Waals surface area contributed by atoms with Crippen LogP contribution in [0.4, 0.5) is 11.4 Å². The van der Waals surface area contributed by atoms with Gasteiger partial charge in [0.1, 0.15) is 0 Å². The number of hydrogen-bond donors (Lipinski definition) is 0. The molecule has 0 atom stereocenters. The van der Waals surface area contributed by atoms with E-state index in [4.69, 9.17) is 0 Å². The van der Waals surface area contributed by atoms with Crippen molar-refractivity contribution >= 4 is 43.7 Å². The molecule has 0 saturated heterocycles. The third-order valence-electron chi connectivity index (χ3n) is 14.4. The summed E-state index contributed by atoms with van der Waals surface area (Å²) in [6.45, 7) is 0. The van der Waals surface area contributed by atoms with Gasteiger partial charge in [-0.3, -0.25) is 0 Å². The molecule has 278 valence electrons. The van der Waals surface area contributed by atoms with E-state index in [0.29, 0.717) is 24.2 Å². The van der Waals surface area contributed by atoms with Crippen molar-refractivity contribution in [1.29, 1.82) is 0 Å². The molecule has 0 amide bonds. The Kier molecular flexibility index (Phi) is 9.72. The first-order valence-corrected chi connectivity index (χ1v) is 22.3. The summed E-state index contributed by atoms with van der Waals surface area (Å²) in [7, 11) is 0. The maximum Gasteiger partial charge on any atom is 0.0383 e. The van der Waals surface area contributed by atoms with Crippen LogP contribution in [0.25, 0.3) is 54.6 Å². The number of rotatable bonds is 8. The summed E-state index contributed by atoms with van der Waals surface area (Å²) >= 11 is 0. The van der Waals surface area contributed by atoms with E-state index in [1.807, 2.05) is 0 Å². The van der Waals surface area contributed by atoms with Gasteiger partial charge in [-0.05, 0) is 142 Å². The molecular formula is C52H60N2. The fraction of sp³-hybridized carbons (Fsp3) is 0.462. The Balaban J connectivity index is 1.25. The van der Waals surface area contributed by atoms with E-state index in [1.165, 1.54) is 194 Å². The van der Waals surface area contributed by atoms with Crippen LogP contribution in [0, 0.1) is 0 Å². The van der Waals surface area contributed by atoms with Gasteiger partial charge in [0.2, 0.25) is 0 Å². The predicted molar refractivity (Wildman–Crippen MR) is 233 cm³/mol. The first-order valence-electron chi connectivity index (χ1n) is 22.3. The molecule has 0 N–H and O–H groups in total. The molecule has 0 heterocycles. The van der Waals surface area contributed by atoms with E-state index < -0.39 is 0 Å². The van der Waals surface area contributed by atoms with Gasteiger partial charge in [0.05, 0.1) is 0 Å². The van der Waals surface area contributed by atoms with Crippen molar-refractivity contribution in [3.8, 4) is 22.3 Å². The summed E-state index contributed by atoms with van der Waals surface area (Å²) in [4.78, 5) is 5.93. The number of nitrogens with zero attached hydrogens (tertiary/aromatic N) is 2. The number of benzene rings is 6. The fourth-order valence-corrected chi connectivity index (χ4v) is 11.9. The van der Waals surface area contributed by atoms with E-state index in [9.17, 15) is 0 Å². The van der Waals surface area contributed by atoms with Crippen molar-refractivity contribution in [2.45, 2.75) is 153 Å². The van der Waals surface area contributed by atoms with E-state index >= 15 is 0 Å². The molecule has 0 unspecified atom stereocenters. The van der Waals surface area contributed by atoms with Crippen LogP contribution in [-0.2, 0) is 0 Å². The average molecular weight is 713 g/mol. The van der Waals surface area contributed by atoms with Crippen LogP contribution in [0.5, 0.6) is 0 Å². The lowest BCUT2D eigenvalue weighted by Gasteiger charge is -2.44. The number of hydrogen-bond acceptors (Lipinski definition) is 2. The summed E-state index contributed by atoms with van der Waals surface area (Å²) in [5.74, 6) is 0. The zero-order valence-corrected chi connectivity index (χ0v) is 32.6. The second-order valence-electron chi connectivity index (χ2n) is 17.7. The smallest absolute Gasteiger partial charge is 0.0383 e. The van der Waals surface area contributed by atoms with E-state index in [0.717, 1.165) is 0 Å². The minimum Gasteiger partial charge on any atom is -0.366 e. The second kappa shape index (κ2) is 15.2. The molecule has 2 heteroatoms. The molecule has 0 bridgehead atoms. The summed E-state index contributed by atoms with van der Waals surface area (Å²) in [6.07, 6.45) is 27.3. The van der Waals surface area contributed by atoms with E-state index in [1.54, 1.807) is 0 Å². The van der Waals surface area contributed by atoms with Crippen molar-refractivity contribution in [2.24, 2.45) is 0 Å². The van der Waals surface area contributed by atoms with Crippen molar-refractivity contribution in [3.63, 3.8) is 0 Å². The molecule has 0 aromatic heterocycles. The molecule has 2 nitrogen and oxygen atoms in total. The lowest BCUT2D eigenvalue weighted by molar-refractivity contribution is 0.340. The van der Waals surface area contributed by atoms with Gasteiger partial charge in [-0.15, -0.1) is 0 Å². The minimum atomic E-state index is 0.650. The van der Waals surface area contributed by atoms with Gasteiger partial charge in [0.15, 0.2) is 0 Å². The Hall–Kier alpha value is -4.04. The predicted octanol–water partition coefficient (Wildman–Crippen LogP) is 14.9. The van der Waals surface area contributed by atoms with Crippen LogP contribution >= 0.6 is 0 Å². The SMILES string of the molecule is c1ccc(-c2cc3cc(N(C4CCCCC4)C4CCCCC4)cc4c(-c5ccccc5)cc5cc(N(C6CCCCC6)C6CCCCC6)cc2c5c34)cc1. The Morgan fingerprint density at radius 3 is 0.963 bits per heavy atom. The molecule has 0 radical (unpaired) electrons. The fourth-order valence-electron chi connectivity index (χ4n) is 11.9. The highest BCUT2D eigenvalue weighted by Crippen LogP contribution is 2.49. The highest BCUT2D eigenvalue weighted by Gasteiger charge is 2.32. The van der Waals surface area contributed by atoms with Crippen molar-refractivity contribution in [3.05, 3.63) is 97.1 Å². The lowest BCUT2D eigenvalue weighted by atomic mass is 9.83. The molecule has 4 fully saturated rings. The largest absolute Gasteiger partial charge is 0.366 e. The van der Waals surface area contributed by atoms with Gasteiger partial charge in [0, 0.05) is 35.5 Å². The monoisotopic (exact) mass is 712 g/mol. The first kappa shape index (κ1) is 34.5. The Morgan fingerprint density at radius 1 is 0.333 bits per heavy atom. The highest BCUT2D eigenvalue weighted by atomic mass is 15.2. The molecule has 0 spiro atoms. The molecule has 4 aliphatic rings. The van der Waals surface area contributed by atoms with Crippen LogP contribution in [0.15, 0.2) is 97.1 Å². The van der Waals surface area contributed by atoms with Crippen LogP contribution in [0.1, 0.15) is 128 Å². The van der Waals surface area contributed by atoms with Gasteiger partial charge < -0.3 is 9.80 Å². The number of anilines is 2.